The molecule has 0 N–H and O–H groups in total. The van der Waals surface area contributed by atoms with E-state index in [0.29, 0.717) is 6.61 Å². The first kappa shape index (κ1) is 14.9. The molecule has 1 aromatic rings. The Morgan fingerprint density at radius 3 is 2.70 bits per heavy atom. The van der Waals surface area contributed by atoms with Crippen LogP contribution in [-0.4, -0.2) is 37.2 Å². The molecule has 110 valence electrons. The third-order valence-corrected chi connectivity index (χ3v) is 3.71. The van der Waals surface area contributed by atoms with Crippen LogP contribution in [0.1, 0.15) is 31.7 Å². The molecule has 20 heavy (non-hydrogen) atoms. The molecule has 4 nitrogen and oxygen atoms in total. The van der Waals surface area contributed by atoms with Crippen LogP contribution in [0, 0.1) is 0 Å². The minimum absolute atomic E-state index is 0.0969. The number of hydrogen-bond donors (Lipinski definition) is 0. The Labute approximate surface area is 120 Å². The van der Waals surface area contributed by atoms with Crippen LogP contribution in [0.25, 0.3) is 0 Å². The number of benzene rings is 1. The summed E-state index contributed by atoms with van der Waals surface area (Å²) in [6, 6.07) is 7.99. The minimum atomic E-state index is -0.115. The van der Waals surface area contributed by atoms with Crippen LogP contribution >= 0.6 is 0 Å². The Hall–Kier alpha value is -1.55. The summed E-state index contributed by atoms with van der Waals surface area (Å²) in [5.41, 5.74) is 1.20. The number of ether oxygens (including phenoxy) is 2. The van der Waals surface area contributed by atoms with Crippen LogP contribution in [0.5, 0.6) is 5.75 Å². The summed E-state index contributed by atoms with van der Waals surface area (Å²) in [5, 5.41) is 0. The maximum absolute atomic E-state index is 11.8. The molecule has 0 aromatic heterocycles. The Kier molecular flexibility index (Phi) is 5.41. The number of carbonyl (C=O) groups is 1. The van der Waals surface area contributed by atoms with Crippen LogP contribution in [0.15, 0.2) is 24.3 Å². The molecular formula is C16H23NO3. The van der Waals surface area contributed by atoms with E-state index in [2.05, 4.69) is 17.0 Å². The quantitative estimate of drug-likeness (QED) is 0.776. The summed E-state index contributed by atoms with van der Waals surface area (Å²) < 4.78 is 10.3. The Bertz CT molecular complexity index is 430. The van der Waals surface area contributed by atoms with Gasteiger partial charge in [0.05, 0.1) is 13.7 Å². The van der Waals surface area contributed by atoms with Crippen molar-refractivity contribution in [2.75, 3.05) is 20.3 Å². The lowest BCUT2D eigenvalue weighted by Crippen LogP contribution is -2.44. The lowest BCUT2D eigenvalue weighted by atomic mass is 10.0. The van der Waals surface area contributed by atoms with Crippen molar-refractivity contribution in [2.45, 2.75) is 38.8 Å². The normalized spacial score (nSPS) is 19.6. The standard InChI is InChI=1S/C16H23NO3/c1-3-20-14-9-7-13(8-10-14)12-17-11-5-4-6-15(17)16(18)19-2/h7-10,15H,3-6,11-12H2,1-2H3. The van der Waals surface area contributed by atoms with Gasteiger partial charge in [-0.3, -0.25) is 9.69 Å². The highest BCUT2D eigenvalue weighted by Crippen LogP contribution is 2.21. The van der Waals surface area contributed by atoms with Gasteiger partial charge in [-0.05, 0) is 44.0 Å². The van der Waals surface area contributed by atoms with Gasteiger partial charge < -0.3 is 9.47 Å². The highest BCUT2D eigenvalue weighted by atomic mass is 16.5. The smallest absolute Gasteiger partial charge is 0.323 e. The molecule has 1 fully saturated rings. The minimum Gasteiger partial charge on any atom is -0.494 e. The van der Waals surface area contributed by atoms with Crippen molar-refractivity contribution in [1.29, 1.82) is 0 Å². The zero-order valence-electron chi connectivity index (χ0n) is 12.3. The van der Waals surface area contributed by atoms with Crippen molar-refractivity contribution in [1.82, 2.24) is 4.90 Å². The molecule has 4 heteroatoms. The number of methoxy groups -OCH3 is 1. The fraction of sp³-hybridized carbons (Fsp3) is 0.562. The van der Waals surface area contributed by atoms with E-state index in [-0.39, 0.29) is 12.0 Å². The van der Waals surface area contributed by atoms with Crippen molar-refractivity contribution < 1.29 is 14.3 Å². The highest BCUT2D eigenvalue weighted by Gasteiger charge is 2.29. The number of rotatable bonds is 5. The molecule has 0 aliphatic carbocycles. The zero-order chi connectivity index (χ0) is 14.4. The summed E-state index contributed by atoms with van der Waals surface area (Å²) >= 11 is 0. The second-order valence-corrected chi connectivity index (χ2v) is 5.08. The third kappa shape index (κ3) is 3.73. The van der Waals surface area contributed by atoms with E-state index in [9.17, 15) is 4.79 Å². The average molecular weight is 277 g/mol. The van der Waals surface area contributed by atoms with Gasteiger partial charge in [-0.2, -0.15) is 0 Å². The first-order valence-corrected chi connectivity index (χ1v) is 7.28. The molecule has 1 unspecified atom stereocenters. The highest BCUT2D eigenvalue weighted by molar-refractivity contribution is 5.75. The van der Waals surface area contributed by atoms with E-state index >= 15 is 0 Å². The van der Waals surface area contributed by atoms with Crippen LogP contribution in [0.4, 0.5) is 0 Å². The molecule has 1 saturated heterocycles. The predicted molar refractivity (Wildman–Crippen MR) is 77.7 cm³/mol. The van der Waals surface area contributed by atoms with Crippen molar-refractivity contribution >= 4 is 5.97 Å². The molecule has 2 rings (SSSR count). The van der Waals surface area contributed by atoms with E-state index in [1.165, 1.54) is 12.7 Å². The molecule has 1 aliphatic heterocycles. The van der Waals surface area contributed by atoms with Crippen molar-refractivity contribution in [2.24, 2.45) is 0 Å². The van der Waals surface area contributed by atoms with E-state index in [1.54, 1.807) is 0 Å². The van der Waals surface area contributed by atoms with E-state index in [4.69, 9.17) is 9.47 Å². The molecule has 0 spiro atoms. The van der Waals surface area contributed by atoms with Gasteiger partial charge in [-0.25, -0.2) is 0 Å². The molecular weight excluding hydrogens is 254 g/mol. The Balaban J connectivity index is 2.00. The monoisotopic (exact) mass is 277 g/mol. The molecule has 0 amide bonds. The van der Waals surface area contributed by atoms with Crippen LogP contribution in [-0.2, 0) is 16.1 Å². The number of likely N-dealkylation sites (tertiary alicyclic amines) is 1. The summed E-state index contributed by atoms with van der Waals surface area (Å²) in [7, 11) is 1.46. The lowest BCUT2D eigenvalue weighted by molar-refractivity contribution is -0.148. The predicted octanol–water partition coefficient (Wildman–Crippen LogP) is 2.61. The van der Waals surface area contributed by atoms with Gasteiger partial charge in [0.25, 0.3) is 0 Å². The van der Waals surface area contributed by atoms with Gasteiger partial charge in [0.15, 0.2) is 0 Å². The molecule has 0 bridgehead atoms. The summed E-state index contributed by atoms with van der Waals surface area (Å²) in [6.45, 7) is 4.39. The zero-order valence-corrected chi connectivity index (χ0v) is 12.3. The second-order valence-electron chi connectivity index (χ2n) is 5.08. The van der Waals surface area contributed by atoms with Gasteiger partial charge in [0.2, 0.25) is 0 Å². The molecule has 1 aromatic carbocycles. The molecule has 0 radical (unpaired) electrons. The Morgan fingerprint density at radius 1 is 1.30 bits per heavy atom. The number of hydrogen-bond acceptors (Lipinski definition) is 4. The van der Waals surface area contributed by atoms with Crippen molar-refractivity contribution in [3.63, 3.8) is 0 Å². The topological polar surface area (TPSA) is 38.8 Å². The first-order chi connectivity index (χ1) is 9.74. The van der Waals surface area contributed by atoms with E-state index in [1.807, 2.05) is 19.1 Å². The molecule has 1 aliphatic rings. The fourth-order valence-electron chi connectivity index (χ4n) is 2.68. The molecule has 1 heterocycles. The second kappa shape index (κ2) is 7.29. The number of esters is 1. The molecule has 0 saturated carbocycles. The summed E-state index contributed by atoms with van der Waals surface area (Å²) in [5.74, 6) is 0.773. The maximum Gasteiger partial charge on any atom is 0.323 e. The SMILES string of the molecule is CCOc1ccc(CN2CCCCC2C(=O)OC)cc1. The number of carbonyl (C=O) groups excluding carboxylic acids is 1. The number of nitrogens with zero attached hydrogens (tertiary/aromatic N) is 1. The largest absolute Gasteiger partial charge is 0.494 e. The van der Waals surface area contributed by atoms with Gasteiger partial charge in [-0.15, -0.1) is 0 Å². The lowest BCUT2D eigenvalue weighted by Gasteiger charge is -2.33. The summed E-state index contributed by atoms with van der Waals surface area (Å²) in [6.07, 6.45) is 3.13. The summed E-state index contributed by atoms with van der Waals surface area (Å²) in [4.78, 5) is 14.0. The Morgan fingerprint density at radius 2 is 2.05 bits per heavy atom. The fourth-order valence-corrected chi connectivity index (χ4v) is 2.68. The van der Waals surface area contributed by atoms with Gasteiger partial charge >= 0.3 is 5.97 Å². The average Bonchev–Trinajstić information content (AvgIpc) is 2.49. The van der Waals surface area contributed by atoms with Gasteiger partial charge in [-0.1, -0.05) is 18.6 Å². The third-order valence-electron chi connectivity index (χ3n) is 3.71. The number of piperidine rings is 1. The maximum atomic E-state index is 11.8. The van der Waals surface area contributed by atoms with E-state index in [0.717, 1.165) is 38.1 Å². The van der Waals surface area contributed by atoms with Crippen LogP contribution in [0.2, 0.25) is 0 Å². The van der Waals surface area contributed by atoms with Crippen LogP contribution in [0.3, 0.4) is 0 Å². The van der Waals surface area contributed by atoms with Gasteiger partial charge in [0, 0.05) is 6.54 Å². The van der Waals surface area contributed by atoms with Crippen molar-refractivity contribution in [3.05, 3.63) is 29.8 Å². The molecule has 1 atom stereocenters. The van der Waals surface area contributed by atoms with Gasteiger partial charge in [0.1, 0.15) is 11.8 Å². The van der Waals surface area contributed by atoms with Crippen molar-refractivity contribution in [3.8, 4) is 5.75 Å². The van der Waals surface area contributed by atoms with Crippen LogP contribution < -0.4 is 4.74 Å². The van der Waals surface area contributed by atoms with E-state index < -0.39 is 0 Å². The first-order valence-electron chi connectivity index (χ1n) is 7.28.